The molecule has 0 saturated carbocycles. The van der Waals surface area contributed by atoms with Crippen LogP contribution in [-0.4, -0.2) is 24.9 Å². The Balaban J connectivity index is 0.00000220. The molecule has 0 fully saturated rings. The molecule has 10 heteroatoms. The number of fused-ring (bicyclic) bond motifs is 1. The Morgan fingerprint density at radius 1 is 0.909 bits per heavy atom. The predicted molar refractivity (Wildman–Crippen MR) is 62.4 cm³/mol. The molecule has 0 unspecified atom stereocenters. The van der Waals surface area contributed by atoms with Crippen LogP contribution in [0.2, 0.25) is 0 Å². The van der Waals surface area contributed by atoms with Crippen LogP contribution in [0.3, 0.4) is 0 Å². The number of carbonyl (C=O) groups is 2. The molecule has 2 aromatic carbocycles. The van der Waals surface area contributed by atoms with Crippen molar-refractivity contribution in [1.29, 1.82) is 0 Å². The van der Waals surface area contributed by atoms with Crippen LogP contribution in [0.25, 0.3) is 10.8 Å². The van der Waals surface area contributed by atoms with Gasteiger partial charge in [-0.2, -0.15) is 8.42 Å². The molecule has 0 aliphatic carbocycles. The minimum Gasteiger partial charge on any atom is -0.545 e. The molecule has 0 aromatic heterocycles. The molecule has 7 nitrogen and oxygen atoms in total. The van der Waals surface area contributed by atoms with Crippen molar-refractivity contribution in [3.63, 3.8) is 0 Å². The van der Waals surface area contributed by atoms with E-state index >= 15 is 0 Å². The largest absolute Gasteiger partial charge is 1.00 e. The van der Waals surface area contributed by atoms with Crippen molar-refractivity contribution < 1.29 is 91.9 Å². The smallest absolute Gasteiger partial charge is 0.545 e. The van der Waals surface area contributed by atoms with E-state index in [9.17, 15) is 28.2 Å². The van der Waals surface area contributed by atoms with Crippen molar-refractivity contribution in [3.05, 3.63) is 41.5 Å². The van der Waals surface area contributed by atoms with Crippen LogP contribution < -0.4 is 69.3 Å². The second kappa shape index (κ2) is 7.89. The average Bonchev–Trinajstić information content (AvgIpc) is 2.34. The summed E-state index contributed by atoms with van der Waals surface area (Å²) in [6.45, 7) is 0. The van der Waals surface area contributed by atoms with Crippen LogP contribution in [0.1, 0.15) is 20.7 Å². The monoisotopic (exact) mass is 340 g/mol. The van der Waals surface area contributed by atoms with Gasteiger partial charge in [0, 0.05) is 16.5 Å². The van der Waals surface area contributed by atoms with E-state index in [4.69, 9.17) is 4.55 Å². The summed E-state index contributed by atoms with van der Waals surface area (Å²) in [5.41, 5.74) is -0.936. The van der Waals surface area contributed by atoms with Gasteiger partial charge in [-0.05, 0) is 11.5 Å². The van der Waals surface area contributed by atoms with Gasteiger partial charge in [0.05, 0.1) is 11.9 Å². The first kappa shape index (κ1) is 21.6. The van der Waals surface area contributed by atoms with E-state index in [1.54, 1.807) is 0 Å². The first-order valence-corrected chi connectivity index (χ1v) is 6.63. The third-order valence-electron chi connectivity index (χ3n) is 2.72. The van der Waals surface area contributed by atoms with Gasteiger partial charge < -0.3 is 19.8 Å². The topological polar surface area (TPSA) is 135 Å². The Morgan fingerprint density at radius 3 is 1.86 bits per heavy atom. The molecule has 0 spiro atoms. The average molecular weight is 340 g/mol. The van der Waals surface area contributed by atoms with E-state index < -0.39 is 43.5 Å². The fraction of sp³-hybridized carbons (Fsp3) is 0. The Labute approximate surface area is 169 Å². The van der Waals surface area contributed by atoms with E-state index in [0.29, 0.717) is 0 Å². The van der Waals surface area contributed by atoms with Crippen molar-refractivity contribution in [3.8, 4) is 0 Å². The number of carboxylic acid groups (broad SMARTS) is 2. The maximum atomic E-state index is 11.3. The molecular formula is C12H6Na2O7S. The minimum absolute atomic E-state index is 0. The molecule has 0 saturated heterocycles. The molecule has 22 heavy (non-hydrogen) atoms. The Bertz CT molecular complexity index is 846. The Hall–Kier alpha value is -0.450. The zero-order chi connectivity index (χ0) is 15.1. The fourth-order valence-corrected chi connectivity index (χ4v) is 2.66. The standard InChI is InChI=1S/C12H8O7S.2Na/c13-11(14)7-4-5-8(12(15)16)10-6(7)2-1-3-9(10)20(17,18)19;;/h1-5H,(H,13,14)(H,15,16)(H,17,18,19);;/q;2*+1/p-2. The van der Waals surface area contributed by atoms with Crippen molar-refractivity contribution >= 4 is 32.8 Å². The first-order valence-electron chi connectivity index (χ1n) is 5.19. The van der Waals surface area contributed by atoms with Crippen LogP contribution in [0, 0.1) is 0 Å². The van der Waals surface area contributed by atoms with Gasteiger partial charge in [0.25, 0.3) is 10.1 Å². The second-order valence-electron chi connectivity index (χ2n) is 3.89. The number of hydrogen-bond donors (Lipinski definition) is 1. The third kappa shape index (κ3) is 4.09. The van der Waals surface area contributed by atoms with Crippen molar-refractivity contribution in [1.82, 2.24) is 0 Å². The summed E-state index contributed by atoms with van der Waals surface area (Å²) < 4.78 is 31.7. The summed E-state index contributed by atoms with van der Waals surface area (Å²) in [5.74, 6) is -3.30. The van der Waals surface area contributed by atoms with E-state index in [1.165, 1.54) is 12.1 Å². The number of hydrogen-bond acceptors (Lipinski definition) is 6. The van der Waals surface area contributed by atoms with Gasteiger partial charge in [-0.1, -0.05) is 24.3 Å². The SMILES string of the molecule is O=C([O-])c1ccc(C(=O)[O-])c2c(S(=O)(=O)O)cccc12.[Na+].[Na+]. The van der Waals surface area contributed by atoms with Gasteiger partial charge in [0.1, 0.15) is 4.90 Å². The van der Waals surface area contributed by atoms with Gasteiger partial charge >= 0.3 is 59.1 Å². The summed E-state index contributed by atoms with van der Waals surface area (Å²) in [6.07, 6.45) is 0. The maximum absolute atomic E-state index is 11.3. The molecule has 0 heterocycles. The molecule has 0 amide bonds. The quantitative estimate of drug-likeness (QED) is 0.433. The second-order valence-corrected chi connectivity index (χ2v) is 5.28. The minimum atomic E-state index is -4.73. The molecule has 2 aromatic rings. The molecule has 0 aliphatic heterocycles. The number of rotatable bonds is 3. The number of carbonyl (C=O) groups excluding carboxylic acids is 2. The van der Waals surface area contributed by atoms with Crippen LogP contribution in [0.5, 0.6) is 0 Å². The molecule has 0 bridgehead atoms. The zero-order valence-electron chi connectivity index (χ0n) is 11.7. The summed E-state index contributed by atoms with van der Waals surface area (Å²) in [6, 6.07) is 5.20. The van der Waals surface area contributed by atoms with Crippen molar-refractivity contribution in [2.24, 2.45) is 0 Å². The van der Waals surface area contributed by atoms with Crippen LogP contribution in [0.15, 0.2) is 35.2 Å². The Kier molecular flexibility index (Phi) is 7.73. The van der Waals surface area contributed by atoms with Crippen LogP contribution in [-0.2, 0) is 10.1 Å². The fourth-order valence-electron chi connectivity index (χ4n) is 1.94. The summed E-state index contributed by atoms with van der Waals surface area (Å²) in [4.78, 5) is 21.3. The number of aromatic carboxylic acids is 2. The zero-order valence-corrected chi connectivity index (χ0v) is 16.5. The molecule has 0 atom stereocenters. The predicted octanol–water partition coefficient (Wildman–Crippen LogP) is -7.18. The van der Waals surface area contributed by atoms with Crippen LogP contribution >= 0.6 is 0 Å². The van der Waals surface area contributed by atoms with Gasteiger partial charge in [-0.15, -0.1) is 0 Å². The first-order chi connectivity index (χ1) is 9.23. The van der Waals surface area contributed by atoms with Crippen LogP contribution in [0.4, 0.5) is 0 Å². The third-order valence-corrected chi connectivity index (χ3v) is 3.62. The summed E-state index contributed by atoms with van der Waals surface area (Å²) in [7, 11) is -4.73. The van der Waals surface area contributed by atoms with E-state index in [1.807, 2.05) is 0 Å². The van der Waals surface area contributed by atoms with Gasteiger partial charge in [-0.3, -0.25) is 4.55 Å². The van der Waals surface area contributed by atoms with E-state index in [2.05, 4.69) is 0 Å². The van der Waals surface area contributed by atoms with Crippen molar-refractivity contribution in [2.75, 3.05) is 0 Å². The van der Waals surface area contributed by atoms with E-state index in [-0.39, 0.29) is 64.5 Å². The molecule has 104 valence electrons. The van der Waals surface area contributed by atoms with Crippen molar-refractivity contribution in [2.45, 2.75) is 4.90 Å². The molecule has 2 rings (SSSR count). The molecule has 1 N–H and O–H groups in total. The number of benzene rings is 2. The normalized spacial score (nSPS) is 10.4. The Morgan fingerprint density at radius 2 is 1.41 bits per heavy atom. The molecule has 0 radical (unpaired) electrons. The summed E-state index contributed by atoms with van der Waals surface area (Å²) in [5, 5.41) is 21.4. The van der Waals surface area contributed by atoms with Gasteiger partial charge in [0.15, 0.2) is 0 Å². The molecular weight excluding hydrogens is 334 g/mol. The summed E-state index contributed by atoms with van der Waals surface area (Å²) >= 11 is 0. The molecule has 0 aliphatic rings. The van der Waals surface area contributed by atoms with Gasteiger partial charge in [-0.25, -0.2) is 0 Å². The number of carboxylic acids is 2. The van der Waals surface area contributed by atoms with E-state index in [0.717, 1.165) is 18.2 Å². The maximum Gasteiger partial charge on any atom is 1.00 e. The van der Waals surface area contributed by atoms with Gasteiger partial charge in [0.2, 0.25) is 0 Å².